The molecule has 0 radical (unpaired) electrons. The smallest absolute Gasteiger partial charge is 0.246 e. The van der Waals surface area contributed by atoms with Gasteiger partial charge in [-0.05, 0) is 43.2 Å². The van der Waals surface area contributed by atoms with Gasteiger partial charge in [-0.25, -0.2) is 13.1 Å². The van der Waals surface area contributed by atoms with Crippen molar-refractivity contribution in [1.82, 2.24) is 24.0 Å². The van der Waals surface area contributed by atoms with Crippen LogP contribution < -0.4 is 0 Å². The van der Waals surface area contributed by atoms with Crippen LogP contribution in [0.15, 0.2) is 67.1 Å². The second-order valence-electron chi connectivity index (χ2n) is 8.31. The highest BCUT2D eigenvalue weighted by atomic mass is 32.2. The lowest BCUT2D eigenvalue weighted by Crippen LogP contribution is -2.48. The minimum atomic E-state index is -3.25. The molecule has 1 amide bonds. The highest BCUT2D eigenvalue weighted by Crippen LogP contribution is 2.25. The summed E-state index contributed by atoms with van der Waals surface area (Å²) in [6.07, 6.45) is 11.2. The third-order valence-corrected chi connectivity index (χ3v) is 7.43. The molecule has 34 heavy (non-hydrogen) atoms. The average molecular weight is 480 g/mol. The van der Waals surface area contributed by atoms with Crippen LogP contribution in [0.3, 0.4) is 0 Å². The van der Waals surface area contributed by atoms with E-state index in [1.807, 2.05) is 55.6 Å². The van der Waals surface area contributed by atoms with Gasteiger partial charge in [-0.15, -0.1) is 0 Å². The first kappa shape index (κ1) is 23.8. The molecule has 0 bridgehead atoms. The van der Waals surface area contributed by atoms with Crippen LogP contribution in [-0.4, -0.2) is 70.2 Å². The molecule has 1 saturated heterocycles. The zero-order chi connectivity index (χ0) is 24.1. The van der Waals surface area contributed by atoms with Crippen LogP contribution in [0.25, 0.3) is 23.0 Å². The van der Waals surface area contributed by atoms with Gasteiger partial charge in [-0.2, -0.15) is 9.40 Å². The van der Waals surface area contributed by atoms with Crippen LogP contribution in [0.4, 0.5) is 0 Å². The molecule has 1 fully saturated rings. The molecule has 0 unspecified atom stereocenters. The molecule has 9 heteroatoms. The molecule has 0 atom stereocenters. The van der Waals surface area contributed by atoms with Crippen LogP contribution in [0.2, 0.25) is 0 Å². The zero-order valence-electron chi connectivity index (χ0n) is 19.4. The van der Waals surface area contributed by atoms with Crippen LogP contribution in [0, 0.1) is 0 Å². The van der Waals surface area contributed by atoms with Crippen molar-refractivity contribution in [3.05, 3.63) is 72.7 Å². The van der Waals surface area contributed by atoms with Crippen molar-refractivity contribution in [2.45, 2.75) is 25.8 Å². The summed E-state index contributed by atoms with van der Waals surface area (Å²) >= 11 is 0. The lowest BCUT2D eigenvalue weighted by Gasteiger charge is -2.36. The number of aromatic nitrogens is 3. The number of benzene rings is 1. The zero-order valence-corrected chi connectivity index (χ0v) is 20.2. The van der Waals surface area contributed by atoms with Gasteiger partial charge in [0.05, 0.1) is 11.9 Å². The average Bonchev–Trinajstić information content (AvgIpc) is 3.28. The predicted molar refractivity (Wildman–Crippen MR) is 133 cm³/mol. The molecule has 0 spiro atoms. The van der Waals surface area contributed by atoms with Gasteiger partial charge >= 0.3 is 0 Å². The van der Waals surface area contributed by atoms with Gasteiger partial charge in [0.1, 0.15) is 5.69 Å². The van der Waals surface area contributed by atoms with Crippen LogP contribution >= 0.6 is 0 Å². The molecule has 1 aromatic carbocycles. The standard InChI is InChI=1S/C25H29N5O3S/c1-3-30(34(2,32)33)23-13-16-28(17-14-23)24(31)12-11-21-19-29(22-9-5-4-6-10-22)27-25(21)20-8-7-15-26-18-20/h4-12,15,18-19,23H,3,13-14,16-17H2,1-2H3. The largest absolute Gasteiger partial charge is 0.339 e. The molecule has 1 aliphatic rings. The van der Waals surface area contributed by atoms with E-state index in [0.29, 0.717) is 32.5 Å². The van der Waals surface area contributed by atoms with Gasteiger partial charge < -0.3 is 4.90 Å². The van der Waals surface area contributed by atoms with E-state index in [9.17, 15) is 13.2 Å². The molecule has 1 aliphatic heterocycles. The topological polar surface area (TPSA) is 88.4 Å². The van der Waals surface area contributed by atoms with Crippen molar-refractivity contribution < 1.29 is 13.2 Å². The first-order chi connectivity index (χ1) is 16.4. The Balaban J connectivity index is 1.51. The Morgan fingerprint density at radius 1 is 1.15 bits per heavy atom. The number of carbonyl (C=O) groups is 1. The van der Waals surface area contributed by atoms with E-state index in [1.165, 1.54) is 10.6 Å². The monoisotopic (exact) mass is 479 g/mol. The first-order valence-corrected chi connectivity index (χ1v) is 13.2. The van der Waals surface area contributed by atoms with Gasteiger partial charge in [0, 0.05) is 61.5 Å². The fourth-order valence-electron chi connectivity index (χ4n) is 4.35. The maximum Gasteiger partial charge on any atom is 0.246 e. The number of likely N-dealkylation sites (tertiary alicyclic amines) is 1. The second kappa shape index (κ2) is 10.3. The number of sulfonamides is 1. The molecule has 178 valence electrons. The Labute approximate surface area is 200 Å². The molecule has 3 aromatic rings. The number of hydrogen-bond donors (Lipinski definition) is 0. The SMILES string of the molecule is CCN(C1CCN(C(=O)C=Cc2cn(-c3ccccc3)nc2-c2cccnc2)CC1)S(C)(=O)=O. The molecular weight excluding hydrogens is 450 g/mol. The Morgan fingerprint density at radius 3 is 2.50 bits per heavy atom. The highest BCUT2D eigenvalue weighted by Gasteiger charge is 2.30. The minimum Gasteiger partial charge on any atom is -0.339 e. The number of hydrogen-bond acceptors (Lipinski definition) is 5. The second-order valence-corrected chi connectivity index (χ2v) is 10.2. The molecule has 2 aromatic heterocycles. The Morgan fingerprint density at radius 2 is 1.88 bits per heavy atom. The minimum absolute atomic E-state index is 0.0608. The normalized spacial score (nSPS) is 15.3. The number of amides is 1. The summed E-state index contributed by atoms with van der Waals surface area (Å²) in [5.74, 6) is -0.0922. The predicted octanol–water partition coefficient (Wildman–Crippen LogP) is 3.22. The first-order valence-electron chi connectivity index (χ1n) is 11.4. The molecular formula is C25H29N5O3S. The number of carbonyl (C=O) groups excluding carboxylic acids is 1. The molecule has 3 heterocycles. The Kier molecular flexibility index (Phi) is 7.23. The van der Waals surface area contributed by atoms with Crippen molar-refractivity contribution in [1.29, 1.82) is 0 Å². The van der Waals surface area contributed by atoms with E-state index in [0.717, 1.165) is 22.5 Å². The van der Waals surface area contributed by atoms with E-state index >= 15 is 0 Å². The van der Waals surface area contributed by atoms with Gasteiger partial charge in [0.2, 0.25) is 15.9 Å². The van der Waals surface area contributed by atoms with Gasteiger partial charge in [0.25, 0.3) is 0 Å². The van der Waals surface area contributed by atoms with Crippen molar-refractivity contribution in [3.8, 4) is 16.9 Å². The van der Waals surface area contributed by atoms with Gasteiger partial charge in [-0.1, -0.05) is 25.1 Å². The quantitative estimate of drug-likeness (QED) is 0.486. The van der Waals surface area contributed by atoms with E-state index in [4.69, 9.17) is 5.10 Å². The van der Waals surface area contributed by atoms with Gasteiger partial charge in [-0.3, -0.25) is 9.78 Å². The molecule has 4 rings (SSSR count). The summed E-state index contributed by atoms with van der Waals surface area (Å²) < 4.78 is 27.3. The lowest BCUT2D eigenvalue weighted by molar-refractivity contribution is -0.127. The molecule has 0 N–H and O–H groups in total. The summed E-state index contributed by atoms with van der Waals surface area (Å²) in [4.78, 5) is 18.9. The van der Waals surface area contributed by atoms with Crippen molar-refractivity contribution in [2.24, 2.45) is 0 Å². The summed E-state index contributed by atoms with van der Waals surface area (Å²) in [6.45, 7) is 3.34. The number of nitrogens with zero attached hydrogens (tertiary/aromatic N) is 5. The Bertz CT molecular complexity index is 1250. The molecule has 0 saturated carbocycles. The maximum atomic E-state index is 12.9. The summed E-state index contributed by atoms with van der Waals surface area (Å²) in [5, 5.41) is 4.74. The summed E-state index contributed by atoms with van der Waals surface area (Å²) in [7, 11) is -3.25. The van der Waals surface area contributed by atoms with E-state index in [1.54, 1.807) is 34.1 Å². The van der Waals surface area contributed by atoms with Crippen molar-refractivity contribution in [2.75, 3.05) is 25.9 Å². The maximum absolute atomic E-state index is 12.9. The third-order valence-electron chi connectivity index (χ3n) is 6.02. The molecule has 0 aliphatic carbocycles. The van der Waals surface area contributed by atoms with Crippen LogP contribution in [-0.2, 0) is 14.8 Å². The van der Waals surface area contributed by atoms with E-state index < -0.39 is 10.0 Å². The number of piperidine rings is 1. The van der Waals surface area contributed by atoms with Crippen LogP contribution in [0.5, 0.6) is 0 Å². The van der Waals surface area contributed by atoms with E-state index in [2.05, 4.69) is 4.98 Å². The van der Waals surface area contributed by atoms with Crippen LogP contribution in [0.1, 0.15) is 25.3 Å². The third kappa shape index (κ3) is 5.43. The highest BCUT2D eigenvalue weighted by molar-refractivity contribution is 7.88. The lowest BCUT2D eigenvalue weighted by atomic mass is 10.0. The number of pyridine rings is 1. The fourth-order valence-corrected chi connectivity index (χ4v) is 5.58. The molecule has 8 nitrogen and oxygen atoms in total. The number of rotatable bonds is 7. The summed E-state index contributed by atoms with van der Waals surface area (Å²) in [5.41, 5.74) is 3.35. The number of para-hydroxylation sites is 1. The van der Waals surface area contributed by atoms with E-state index in [-0.39, 0.29) is 11.9 Å². The van der Waals surface area contributed by atoms with Crippen molar-refractivity contribution in [3.63, 3.8) is 0 Å². The Hall–Kier alpha value is -3.30. The van der Waals surface area contributed by atoms with Crippen molar-refractivity contribution >= 4 is 22.0 Å². The summed E-state index contributed by atoms with van der Waals surface area (Å²) in [6, 6.07) is 13.5. The van der Waals surface area contributed by atoms with Gasteiger partial charge in [0.15, 0.2) is 0 Å². The fraction of sp³-hybridized carbons (Fsp3) is 0.320.